The van der Waals surface area contributed by atoms with Crippen molar-refractivity contribution in [3.05, 3.63) is 0 Å². The molecule has 2 aliphatic heterocycles. The highest BCUT2D eigenvalue weighted by Crippen LogP contribution is 2.46. The molecule has 2 heterocycles. The topological polar surface area (TPSA) is 131 Å². The van der Waals surface area contributed by atoms with E-state index in [0.29, 0.717) is 12.8 Å². The van der Waals surface area contributed by atoms with Gasteiger partial charge in [0.2, 0.25) is 17.7 Å². The van der Waals surface area contributed by atoms with Gasteiger partial charge in [-0.25, -0.2) is 0 Å². The fourth-order valence-electron chi connectivity index (χ4n) is 6.23. The average molecular weight is 526 g/mol. The number of alkyl halides is 3. The van der Waals surface area contributed by atoms with Gasteiger partial charge in [-0.1, -0.05) is 27.2 Å². The van der Waals surface area contributed by atoms with Crippen LogP contribution in [0.5, 0.6) is 0 Å². The molecule has 0 aromatic carbocycles. The standard InChI is InChI=1S/C25H34F3N5O4/c1-23(2,3)18(31-22(37)25(26,27)28)21(36)33-12-13-5-4-6-16(13)17(33)20(35)30-15(11-29)9-14-10-24(7-8-24)32-19(14)34/h13-18H,4-10,12H2,1-3H3,(H,30,35)(H,31,37)(H,32,34). The molecule has 4 aliphatic rings. The summed E-state index contributed by atoms with van der Waals surface area (Å²) in [7, 11) is 0. The summed E-state index contributed by atoms with van der Waals surface area (Å²) in [5.74, 6) is -4.22. The van der Waals surface area contributed by atoms with E-state index in [1.165, 1.54) is 4.90 Å². The van der Waals surface area contributed by atoms with Crippen molar-refractivity contribution in [3.8, 4) is 6.07 Å². The van der Waals surface area contributed by atoms with Gasteiger partial charge < -0.3 is 20.9 Å². The van der Waals surface area contributed by atoms with Gasteiger partial charge in [0, 0.05) is 18.0 Å². The van der Waals surface area contributed by atoms with Gasteiger partial charge in [-0.2, -0.15) is 18.4 Å². The molecular formula is C25H34F3N5O4. The van der Waals surface area contributed by atoms with Gasteiger partial charge in [0.1, 0.15) is 18.1 Å². The summed E-state index contributed by atoms with van der Waals surface area (Å²) in [6.45, 7) is 4.83. The molecule has 6 unspecified atom stereocenters. The number of amides is 4. The largest absolute Gasteiger partial charge is 0.471 e. The van der Waals surface area contributed by atoms with Crippen molar-refractivity contribution in [2.24, 2.45) is 23.2 Å². The number of fused-ring (bicyclic) bond motifs is 1. The molecule has 204 valence electrons. The second-order valence-electron chi connectivity index (χ2n) is 12.2. The van der Waals surface area contributed by atoms with E-state index in [4.69, 9.17) is 0 Å². The van der Waals surface area contributed by atoms with Gasteiger partial charge in [0.25, 0.3) is 0 Å². The average Bonchev–Trinajstić information content (AvgIpc) is 3.10. The smallest absolute Gasteiger partial charge is 0.350 e. The maximum absolute atomic E-state index is 13.6. The normalized spacial score (nSPS) is 29.8. The third kappa shape index (κ3) is 5.55. The van der Waals surface area contributed by atoms with Crippen molar-refractivity contribution >= 4 is 23.6 Å². The number of nitrogens with zero attached hydrogens (tertiary/aromatic N) is 2. The highest BCUT2D eigenvalue weighted by molar-refractivity contribution is 5.94. The minimum absolute atomic E-state index is 0.00880. The molecule has 4 amide bonds. The third-order valence-corrected chi connectivity index (χ3v) is 8.33. The second kappa shape index (κ2) is 9.48. The molecule has 9 nitrogen and oxygen atoms in total. The Hall–Kier alpha value is -2.84. The van der Waals surface area contributed by atoms with E-state index in [1.54, 1.807) is 20.8 Å². The van der Waals surface area contributed by atoms with Crippen LogP contribution in [0.25, 0.3) is 0 Å². The van der Waals surface area contributed by atoms with Crippen LogP contribution in [-0.2, 0) is 19.2 Å². The zero-order valence-electron chi connectivity index (χ0n) is 21.3. The molecule has 12 heteroatoms. The van der Waals surface area contributed by atoms with E-state index < -0.39 is 53.4 Å². The lowest BCUT2D eigenvalue weighted by molar-refractivity contribution is -0.176. The molecular weight excluding hydrogens is 491 g/mol. The first-order valence-electron chi connectivity index (χ1n) is 12.9. The molecule has 0 radical (unpaired) electrons. The number of hydrogen-bond donors (Lipinski definition) is 3. The van der Waals surface area contributed by atoms with Gasteiger partial charge in [0.15, 0.2) is 0 Å². The first-order chi connectivity index (χ1) is 17.1. The number of nitrogens with one attached hydrogen (secondary N) is 3. The van der Waals surface area contributed by atoms with E-state index in [-0.39, 0.29) is 36.2 Å². The number of rotatable bonds is 6. The molecule has 37 heavy (non-hydrogen) atoms. The molecule has 4 rings (SSSR count). The zero-order valence-corrected chi connectivity index (χ0v) is 21.3. The lowest BCUT2D eigenvalue weighted by Crippen LogP contribution is -2.60. The van der Waals surface area contributed by atoms with Gasteiger partial charge in [-0.15, -0.1) is 0 Å². The van der Waals surface area contributed by atoms with Crippen molar-refractivity contribution in [1.29, 1.82) is 5.26 Å². The zero-order chi connectivity index (χ0) is 27.3. The Morgan fingerprint density at radius 2 is 1.86 bits per heavy atom. The molecule has 1 spiro atoms. The molecule has 0 aromatic heterocycles. The van der Waals surface area contributed by atoms with Crippen LogP contribution in [0.2, 0.25) is 0 Å². The first-order valence-corrected chi connectivity index (χ1v) is 12.9. The second-order valence-corrected chi connectivity index (χ2v) is 12.2. The predicted molar refractivity (Wildman–Crippen MR) is 124 cm³/mol. The molecule has 0 aromatic rings. The van der Waals surface area contributed by atoms with Crippen molar-refractivity contribution in [2.75, 3.05) is 6.54 Å². The van der Waals surface area contributed by atoms with Gasteiger partial charge in [0.05, 0.1) is 6.07 Å². The minimum atomic E-state index is -5.16. The highest BCUT2D eigenvalue weighted by Gasteiger charge is 2.54. The van der Waals surface area contributed by atoms with Crippen LogP contribution in [0.1, 0.15) is 65.7 Å². The molecule has 3 N–H and O–H groups in total. The van der Waals surface area contributed by atoms with Gasteiger partial charge in [-0.3, -0.25) is 19.2 Å². The fourth-order valence-corrected chi connectivity index (χ4v) is 6.23. The Labute approximate surface area is 213 Å². The Balaban J connectivity index is 1.51. The van der Waals surface area contributed by atoms with Crippen LogP contribution in [0.4, 0.5) is 13.2 Å². The van der Waals surface area contributed by atoms with E-state index in [9.17, 15) is 37.6 Å². The Morgan fingerprint density at radius 3 is 2.41 bits per heavy atom. The van der Waals surface area contributed by atoms with Crippen LogP contribution in [0, 0.1) is 34.5 Å². The SMILES string of the molecule is CC(C)(C)C(NC(=O)C(F)(F)F)C(=O)N1CC2CCCC2C1C(=O)NC(C#N)CC1CC2(CC2)NC1=O. The predicted octanol–water partition coefficient (Wildman–Crippen LogP) is 1.77. The van der Waals surface area contributed by atoms with E-state index in [1.807, 2.05) is 11.4 Å². The fraction of sp³-hybridized carbons (Fsp3) is 0.800. The lowest BCUT2D eigenvalue weighted by atomic mass is 9.85. The summed E-state index contributed by atoms with van der Waals surface area (Å²) in [4.78, 5) is 52.4. The van der Waals surface area contributed by atoms with Crippen molar-refractivity contribution in [1.82, 2.24) is 20.9 Å². The Morgan fingerprint density at radius 1 is 1.19 bits per heavy atom. The summed E-state index contributed by atoms with van der Waals surface area (Å²) in [5, 5.41) is 17.2. The van der Waals surface area contributed by atoms with Crippen molar-refractivity contribution < 1.29 is 32.3 Å². The number of carbonyl (C=O) groups is 4. The number of carbonyl (C=O) groups excluding carboxylic acids is 4. The first kappa shape index (κ1) is 27.2. The van der Waals surface area contributed by atoms with E-state index in [2.05, 4.69) is 10.6 Å². The summed E-state index contributed by atoms with van der Waals surface area (Å²) >= 11 is 0. The summed E-state index contributed by atoms with van der Waals surface area (Å²) < 4.78 is 39.0. The van der Waals surface area contributed by atoms with Crippen molar-refractivity contribution in [2.45, 2.75) is 95.6 Å². The monoisotopic (exact) mass is 525 g/mol. The summed E-state index contributed by atoms with van der Waals surface area (Å²) in [6, 6.07) is -1.36. The number of likely N-dealkylation sites (tertiary alicyclic amines) is 1. The number of nitriles is 1. The Kier molecular flexibility index (Phi) is 6.97. The molecule has 0 bridgehead atoms. The maximum atomic E-state index is 13.6. The van der Waals surface area contributed by atoms with Crippen LogP contribution >= 0.6 is 0 Å². The number of halogens is 3. The molecule has 2 aliphatic carbocycles. The molecule has 2 saturated heterocycles. The molecule has 6 atom stereocenters. The summed E-state index contributed by atoms with van der Waals surface area (Å²) in [6.07, 6.45) is -0.274. The number of hydrogen-bond acceptors (Lipinski definition) is 5. The third-order valence-electron chi connectivity index (χ3n) is 8.33. The maximum Gasteiger partial charge on any atom is 0.471 e. The van der Waals surface area contributed by atoms with Crippen molar-refractivity contribution in [3.63, 3.8) is 0 Å². The van der Waals surface area contributed by atoms with Crippen LogP contribution < -0.4 is 16.0 Å². The lowest BCUT2D eigenvalue weighted by Gasteiger charge is -2.36. The van der Waals surface area contributed by atoms with Crippen LogP contribution in [-0.4, -0.2) is 64.9 Å². The van der Waals surface area contributed by atoms with E-state index in [0.717, 1.165) is 25.7 Å². The van der Waals surface area contributed by atoms with Gasteiger partial charge in [-0.05, 0) is 55.8 Å². The van der Waals surface area contributed by atoms with Crippen LogP contribution in [0.3, 0.4) is 0 Å². The van der Waals surface area contributed by atoms with Crippen LogP contribution in [0.15, 0.2) is 0 Å². The highest BCUT2D eigenvalue weighted by atomic mass is 19.4. The Bertz CT molecular complexity index is 1010. The summed E-state index contributed by atoms with van der Waals surface area (Å²) in [5.41, 5.74) is -1.22. The molecule has 2 saturated carbocycles. The minimum Gasteiger partial charge on any atom is -0.350 e. The quantitative estimate of drug-likeness (QED) is 0.487. The van der Waals surface area contributed by atoms with Gasteiger partial charge >= 0.3 is 12.1 Å². The van der Waals surface area contributed by atoms with E-state index >= 15 is 0 Å². The molecule has 4 fully saturated rings.